The van der Waals surface area contributed by atoms with E-state index < -0.39 is 23.5 Å². The summed E-state index contributed by atoms with van der Waals surface area (Å²) in [6, 6.07) is 27.8. The average molecular weight is 766 g/mol. The van der Waals surface area contributed by atoms with Crippen molar-refractivity contribution >= 4 is 43.6 Å². The summed E-state index contributed by atoms with van der Waals surface area (Å²) in [5.74, 6) is 2.11. The van der Waals surface area contributed by atoms with Crippen molar-refractivity contribution in [2.45, 2.75) is 12.4 Å². The number of benzene rings is 6. The Hall–Kier alpha value is -6.81. The topological polar surface area (TPSA) is 70.6 Å². The number of aromatic nitrogens is 2. The largest absolute Gasteiger partial charge is 0.497 e. The van der Waals surface area contributed by atoms with Crippen LogP contribution in [0.1, 0.15) is 16.7 Å². The third-order valence-corrected chi connectivity index (χ3v) is 9.97. The molecule has 0 N–H and O–H groups in total. The van der Waals surface area contributed by atoms with Crippen LogP contribution < -0.4 is 18.9 Å². The summed E-state index contributed by atoms with van der Waals surface area (Å²) >= 11 is 0. The molecular formula is C43H29F6N3O4. The zero-order valence-corrected chi connectivity index (χ0v) is 30.1. The lowest BCUT2D eigenvalue weighted by molar-refractivity contribution is -0.143. The highest BCUT2D eigenvalue weighted by atomic mass is 19.4. The second-order valence-electron chi connectivity index (χ2n) is 13.0. The number of nitrogens with zero attached hydrogens (tertiary/aromatic N) is 3. The molecular weight excluding hydrogens is 736 g/mol. The summed E-state index contributed by atoms with van der Waals surface area (Å²) in [5.41, 5.74) is -0.563. The Bertz CT molecular complexity index is 2760. The normalized spacial score (nSPS) is 12.1. The van der Waals surface area contributed by atoms with Crippen molar-refractivity contribution in [2.24, 2.45) is 0 Å². The van der Waals surface area contributed by atoms with Gasteiger partial charge in [0.2, 0.25) is 0 Å². The number of rotatable bonds is 7. The van der Waals surface area contributed by atoms with Gasteiger partial charge in [-0.2, -0.15) is 31.6 Å². The molecule has 0 unspecified atom stereocenters. The van der Waals surface area contributed by atoms with Crippen LogP contribution in [-0.4, -0.2) is 37.6 Å². The second kappa shape index (κ2) is 13.2. The fourth-order valence-electron chi connectivity index (χ4n) is 7.37. The molecule has 2 heterocycles. The van der Waals surface area contributed by atoms with Crippen molar-refractivity contribution in [1.29, 1.82) is 5.26 Å². The molecule has 8 aromatic rings. The summed E-state index contributed by atoms with van der Waals surface area (Å²) in [7, 11) is 6.04. The van der Waals surface area contributed by atoms with Crippen LogP contribution in [0.15, 0.2) is 103 Å². The van der Waals surface area contributed by atoms with Gasteiger partial charge in [-0.15, -0.1) is 0 Å². The van der Waals surface area contributed by atoms with E-state index in [1.165, 1.54) is 40.6 Å². The number of fused-ring (bicyclic) bond motifs is 6. The maximum atomic E-state index is 14.4. The minimum absolute atomic E-state index is 0.00180. The quantitative estimate of drug-likeness (QED) is 0.151. The van der Waals surface area contributed by atoms with Gasteiger partial charge in [0.15, 0.2) is 0 Å². The van der Waals surface area contributed by atoms with Gasteiger partial charge in [0.1, 0.15) is 29.1 Å². The zero-order valence-electron chi connectivity index (χ0n) is 30.1. The number of nitriles is 1. The van der Waals surface area contributed by atoms with Gasteiger partial charge >= 0.3 is 12.4 Å². The molecule has 2 aromatic heterocycles. The second-order valence-corrected chi connectivity index (χ2v) is 13.0. The Morgan fingerprint density at radius 1 is 0.464 bits per heavy atom. The van der Waals surface area contributed by atoms with Gasteiger partial charge in [0.25, 0.3) is 0 Å². The van der Waals surface area contributed by atoms with E-state index in [9.17, 15) is 31.6 Å². The number of methoxy groups -OCH3 is 4. The van der Waals surface area contributed by atoms with Crippen LogP contribution in [0.2, 0.25) is 0 Å². The van der Waals surface area contributed by atoms with Crippen molar-refractivity contribution in [3.8, 4) is 51.6 Å². The molecule has 0 aliphatic carbocycles. The fourth-order valence-corrected chi connectivity index (χ4v) is 7.37. The Kier molecular flexibility index (Phi) is 8.52. The minimum Gasteiger partial charge on any atom is -0.497 e. The lowest BCUT2D eigenvalue weighted by Gasteiger charge is -2.20. The van der Waals surface area contributed by atoms with Crippen molar-refractivity contribution in [1.82, 2.24) is 9.13 Å². The first-order valence-corrected chi connectivity index (χ1v) is 17.0. The summed E-state index contributed by atoms with van der Waals surface area (Å²) < 4.78 is 112. The highest BCUT2D eigenvalue weighted by Crippen LogP contribution is 2.45. The van der Waals surface area contributed by atoms with Crippen LogP contribution in [-0.2, 0) is 12.4 Å². The fraction of sp³-hybridized carbons (Fsp3) is 0.140. The van der Waals surface area contributed by atoms with Gasteiger partial charge in [0, 0.05) is 27.1 Å². The van der Waals surface area contributed by atoms with Crippen molar-refractivity contribution in [2.75, 3.05) is 28.4 Å². The third kappa shape index (κ3) is 5.85. The van der Waals surface area contributed by atoms with Gasteiger partial charge < -0.3 is 28.1 Å². The van der Waals surface area contributed by atoms with Gasteiger partial charge in [0.05, 0.1) is 78.6 Å². The molecule has 6 aromatic carbocycles. The van der Waals surface area contributed by atoms with Crippen LogP contribution >= 0.6 is 0 Å². The predicted molar refractivity (Wildman–Crippen MR) is 201 cm³/mol. The number of halogens is 6. The standard InChI is InChI=1S/C43H29F6N3O4/c1-53-27-5-9-36-32(17-27)33-18-28(54-2)6-10-37(33)51(36)40-21-31(23-13-25(42(44,45)46)16-26(14-23)43(47,48)49)41(15-24(40)22-50)52-38-11-7-29(55-3)19-34(38)35-20-30(56-4)8-12-39(35)52/h5-21H,1-4H3. The molecule has 0 atom stereocenters. The first kappa shape index (κ1) is 36.2. The SMILES string of the molecule is COc1ccc2c(c1)c1cc(OC)ccc1n2-c1cc(-c2cc(C(F)(F)F)cc(C(F)(F)F)c2)c(-n2c3ccc(OC)cc3c3cc(OC)ccc32)cc1C#N. The van der Waals surface area contributed by atoms with Gasteiger partial charge in [-0.1, -0.05) is 0 Å². The summed E-state index contributed by atoms with van der Waals surface area (Å²) in [4.78, 5) is 0. The van der Waals surface area contributed by atoms with E-state index in [-0.39, 0.29) is 34.1 Å². The molecule has 13 heteroatoms. The van der Waals surface area contributed by atoms with Crippen LogP contribution in [0.4, 0.5) is 26.3 Å². The van der Waals surface area contributed by atoms with E-state index in [1.54, 1.807) is 81.9 Å². The number of hydrogen-bond donors (Lipinski definition) is 0. The van der Waals surface area contributed by atoms with Crippen LogP contribution in [0, 0.1) is 11.3 Å². The number of hydrogen-bond acceptors (Lipinski definition) is 5. The van der Waals surface area contributed by atoms with Crippen molar-refractivity contribution in [3.63, 3.8) is 0 Å². The molecule has 0 fully saturated rings. The monoisotopic (exact) mass is 765 g/mol. The van der Waals surface area contributed by atoms with E-state index in [4.69, 9.17) is 18.9 Å². The third-order valence-electron chi connectivity index (χ3n) is 9.97. The predicted octanol–water partition coefficient (Wildman–Crippen LogP) is 11.5. The maximum absolute atomic E-state index is 14.4. The molecule has 0 aliphatic heterocycles. The number of alkyl halides is 6. The molecule has 0 amide bonds. The first-order valence-electron chi connectivity index (χ1n) is 17.0. The zero-order chi connectivity index (χ0) is 39.7. The van der Waals surface area contributed by atoms with E-state index in [2.05, 4.69) is 6.07 Å². The lowest BCUT2D eigenvalue weighted by atomic mass is 9.95. The van der Waals surface area contributed by atoms with Crippen LogP contribution in [0.25, 0.3) is 66.1 Å². The molecule has 0 bridgehead atoms. The van der Waals surface area contributed by atoms with Crippen LogP contribution in [0.3, 0.4) is 0 Å². The molecule has 0 saturated carbocycles. The number of ether oxygens (including phenoxy) is 4. The Morgan fingerprint density at radius 3 is 1.14 bits per heavy atom. The molecule has 0 spiro atoms. The average Bonchev–Trinajstić information content (AvgIpc) is 3.70. The summed E-state index contributed by atoms with van der Waals surface area (Å²) in [6.45, 7) is 0. The first-order chi connectivity index (χ1) is 26.8. The van der Waals surface area contributed by atoms with E-state index in [0.29, 0.717) is 78.7 Å². The Morgan fingerprint density at radius 2 is 0.821 bits per heavy atom. The van der Waals surface area contributed by atoms with Gasteiger partial charge in [-0.05, 0) is 109 Å². The summed E-state index contributed by atoms with van der Waals surface area (Å²) in [5, 5.41) is 13.6. The minimum atomic E-state index is -5.11. The molecule has 56 heavy (non-hydrogen) atoms. The van der Waals surface area contributed by atoms with Crippen molar-refractivity contribution < 1.29 is 45.3 Å². The highest BCUT2D eigenvalue weighted by Gasteiger charge is 2.37. The molecule has 7 nitrogen and oxygen atoms in total. The van der Waals surface area contributed by atoms with E-state index in [1.807, 2.05) is 0 Å². The van der Waals surface area contributed by atoms with Crippen molar-refractivity contribution in [3.05, 3.63) is 120 Å². The lowest BCUT2D eigenvalue weighted by Crippen LogP contribution is -2.11. The summed E-state index contributed by atoms with van der Waals surface area (Å²) in [6.07, 6.45) is -10.2. The molecule has 282 valence electrons. The highest BCUT2D eigenvalue weighted by molar-refractivity contribution is 6.12. The van der Waals surface area contributed by atoms with Gasteiger partial charge in [-0.3, -0.25) is 0 Å². The molecule has 8 rings (SSSR count). The van der Waals surface area contributed by atoms with Gasteiger partial charge in [-0.25, -0.2) is 0 Å². The molecule has 0 radical (unpaired) electrons. The molecule has 0 aliphatic rings. The van der Waals surface area contributed by atoms with E-state index >= 15 is 0 Å². The smallest absolute Gasteiger partial charge is 0.416 e. The van der Waals surface area contributed by atoms with E-state index in [0.717, 1.165) is 0 Å². The Balaban J connectivity index is 1.55. The maximum Gasteiger partial charge on any atom is 0.416 e. The molecule has 0 saturated heterocycles. The van der Waals surface area contributed by atoms with Crippen LogP contribution in [0.5, 0.6) is 23.0 Å². The Labute approximate surface area is 315 Å².